The highest BCUT2D eigenvalue weighted by Gasteiger charge is 2.01. The first-order chi connectivity index (χ1) is 13.6. The number of carbonyl (C=O) groups excluding carboxylic acids is 2. The summed E-state index contributed by atoms with van der Waals surface area (Å²) in [6.45, 7) is 9.16. The van der Waals surface area contributed by atoms with Gasteiger partial charge in [0.1, 0.15) is 0 Å². The summed E-state index contributed by atoms with van der Waals surface area (Å²) >= 11 is 0. The number of ether oxygens (including phenoxy) is 2. The Morgan fingerprint density at radius 3 is 1.04 bits per heavy atom. The molecule has 168 valence electrons. The lowest BCUT2D eigenvalue weighted by molar-refractivity contribution is -0.144. The van der Waals surface area contributed by atoms with Crippen molar-refractivity contribution < 1.29 is 19.1 Å². The van der Waals surface area contributed by atoms with Gasteiger partial charge in [-0.15, -0.1) is 0 Å². The van der Waals surface area contributed by atoms with Gasteiger partial charge in [-0.2, -0.15) is 0 Å². The Morgan fingerprint density at radius 1 is 0.464 bits per heavy atom. The molecule has 0 heterocycles. The Morgan fingerprint density at radius 2 is 0.750 bits per heavy atom. The topological polar surface area (TPSA) is 52.6 Å². The summed E-state index contributed by atoms with van der Waals surface area (Å²) in [4.78, 5) is 21.9. The van der Waals surface area contributed by atoms with Gasteiger partial charge in [-0.3, -0.25) is 9.59 Å². The van der Waals surface area contributed by atoms with Crippen molar-refractivity contribution in [2.75, 3.05) is 13.2 Å². The largest absolute Gasteiger partial charge is 0.466 e. The summed E-state index contributed by atoms with van der Waals surface area (Å²) in [5, 5.41) is 0. The fourth-order valence-corrected chi connectivity index (χ4v) is 2.92. The van der Waals surface area contributed by atoms with Gasteiger partial charge in [-0.05, 0) is 26.7 Å². The monoisotopic (exact) mass is 400 g/mol. The molecule has 0 fully saturated rings. The van der Waals surface area contributed by atoms with E-state index < -0.39 is 0 Å². The normalized spacial score (nSPS) is 10.1. The minimum atomic E-state index is -0.0407. The van der Waals surface area contributed by atoms with E-state index in [1.165, 1.54) is 77.0 Å². The average molecular weight is 401 g/mol. The molecule has 0 atom stereocenters. The van der Waals surface area contributed by atoms with E-state index in [0.29, 0.717) is 26.1 Å². The molecular weight excluding hydrogens is 352 g/mol. The molecule has 0 amide bonds. The van der Waals surface area contributed by atoms with Crippen LogP contribution in [-0.2, 0) is 19.1 Å². The Labute approximate surface area is 175 Å². The van der Waals surface area contributed by atoms with Gasteiger partial charge < -0.3 is 9.47 Å². The molecule has 0 aromatic carbocycles. The number of hydrogen-bond acceptors (Lipinski definition) is 4. The molecule has 0 N–H and O–H groups in total. The van der Waals surface area contributed by atoms with E-state index in [4.69, 9.17) is 9.47 Å². The van der Waals surface area contributed by atoms with Crippen LogP contribution in [0.2, 0.25) is 0 Å². The third-order valence-corrected chi connectivity index (χ3v) is 4.58. The molecule has 0 aliphatic heterocycles. The maximum atomic E-state index is 11.0. The average Bonchev–Trinajstić information content (AvgIpc) is 2.67. The summed E-state index contributed by atoms with van der Waals surface area (Å²) in [6.07, 6.45) is 18.6. The second-order valence-electron chi connectivity index (χ2n) is 7.35. The molecule has 4 heteroatoms. The highest BCUT2D eigenvalue weighted by molar-refractivity contribution is 5.69. The molecule has 4 nitrogen and oxygen atoms in total. The van der Waals surface area contributed by atoms with E-state index in [0.717, 1.165) is 12.8 Å². The molecule has 28 heavy (non-hydrogen) atoms. The van der Waals surface area contributed by atoms with E-state index in [2.05, 4.69) is 13.8 Å². The van der Waals surface area contributed by atoms with Crippen LogP contribution in [0.5, 0.6) is 0 Å². The Bertz CT molecular complexity index is 297. The Kier molecular flexibility index (Phi) is 27.0. The number of esters is 2. The minimum absolute atomic E-state index is 0.0407. The van der Waals surface area contributed by atoms with Gasteiger partial charge in [0.05, 0.1) is 13.2 Å². The van der Waals surface area contributed by atoms with Crippen molar-refractivity contribution in [1.82, 2.24) is 0 Å². The third-order valence-electron chi connectivity index (χ3n) is 4.58. The van der Waals surface area contributed by atoms with E-state index >= 15 is 0 Å². The second-order valence-corrected chi connectivity index (χ2v) is 7.35. The smallest absolute Gasteiger partial charge is 0.305 e. The summed E-state index contributed by atoms with van der Waals surface area (Å²) in [6, 6.07) is 0. The van der Waals surface area contributed by atoms with Crippen molar-refractivity contribution in [2.45, 2.75) is 130 Å². The zero-order valence-corrected chi connectivity index (χ0v) is 19.4. The molecule has 0 aliphatic carbocycles. The van der Waals surface area contributed by atoms with Crippen molar-refractivity contribution in [3.8, 4) is 0 Å². The van der Waals surface area contributed by atoms with Crippen LogP contribution < -0.4 is 0 Å². The minimum Gasteiger partial charge on any atom is -0.466 e. The molecule has 0 aromatic rings. The number of unbranched alkanes of at least 4 members (excludes halogenated alkanes) is 12. The molecular formula is C24H48O4. The summed E-state index contributed by atoms with van der Waals surface area (Å²) in [7, 11) is 0. The SMILES string of the molecule is CCCCCCCCCC(=O)OCC.CCCCCCCCCC(=O)OCC. The first-order valence-corrected chi connectivity index (χ1v) is 11.9. The summed E-state index contributed by atoms with van der Waals surface area (Å²) < 4.78 is 9.70. The Balaban J connectivity index is 0. The molecule has 0 aliphatic rings. The van der Waals surface area contributed by atoms with Crippen molar-refractivity contribution in [3.05, 3.63) is 0 Å². The van der Waals surface area contributed by atoms with Crippen molar-refractivity contribution in [1.29, 1.82) is 0 Å². The predicted octanol–water partition coefficient (Wildman–Crippen LogP) is 7.38. The zero-order chi connectivity index (χ0) is 21.3. The molecule has 0 saturated carbocycles. The fraction of sp³-hybridized carbons (Fsp3) is 0.917. The van der Waals surface area contributed by atoms with Crippen LogP contribution >= 0.6 is 0 Å². The van der Waals surface area contributed by atoms with Crippen LogP contribution in [0, 0.1) is 0 Å². The lowest BCUT2D eigenvalue weighted by Gasteiger charge is -2.01. The molecule has 0 saturated heterocycles. The first kappa shape index (κ1) is 29.1. The van der Waals surface area contributed by atoms with Crippen LogP contribution in [0.15, 0.2) is 0 Å². The van der Waals surface area contributed by atoms with Crippen LogP contribution in [0.3, 0.4) is 0 Å². The molecule has 0 spiro atoms. The van der Waals surface area contributed by atoms with Crippen molar-refractivity contribution >= 4 is 11.9 Å². The predicted molar refractivity (Wildman–Crippen MR) is 118 cm³/mol. The maximum Gasteiger partial charge on any atom is 0.305 e. The Hall–Kier alpha value is -1.06. The fourth-order valence-electron chi connectivity index (χ4n) is 2.92. The van der Waals surface area contributed by atoms with Crippen molar-refractivity contribution in [2.24, 2.45) is 0 Å². The van der Waals surface area contributed by atoms with Gasteiger partial charge in [0.15, 0.2) is 0 Å². The van der Waals surface area contributed by atoms with Crippen LogP contribution in [0.1, 0.15) is 130 Å². The van der Waals surface area contributed by atoms with Gasteiger partial charge in [-0.25, -0.2) is 0 Å². The quantitative estimate of drug-likeness (QED) is 0.178. The van der Waals surface area contributed by atoms with Crippen molar-refractivity contribution in [3.63, 3.8) is 0 Å². The van der Waals surface area contributed by atoms with Crippen LogP contribution in [0.25, 0.3) is 0 Å². The number of carbonyl (C=O) groups is 2. The zero-order valence-electron chi connectivity index (χ0n) is 19.4. The van der Waals surface area contributed by atoms with E-state index in [1.807, 2.05) is 13.8 Å². The lowest BCUT2D eigenvalue weighted by atomic mass is 10.1. The highest BCUT2D eigenvalue weighted by atomic mass is 16.5. The van der Waals surface area contributed by atoms with E-state index in [-0.39, 0.29) is 11.9 Å². The van der Waals surface area contributed by atoms with Crippen LogP contribution in [0.4, 0.5) is 0 Å². The summed E-state index contributed by atoms with van der Waals surface area (Å²) in [5.74, 6) is -0.0814. The second kappa shape index (κ2) is 25.9. The molecule has 0 aromatic heterocycles. The number of rotatable bonds is 18. The van der Waals surface area contributed by atoms with E-state index in [1.54, 1.807) is 0 Å². The molecule has 0 radical (unpaired) electrons. The third kappa shape index (κ3) is 27.2. The van der Waals surface area contributed by atoms with E-state index in [9.17, 15) is 9.59 Å². The van der Waals surface area contributed by atoms with Gasteiger partial charge in [0.25, 0.3) is 0 Å². The maximum absolute atomic E-state index is 11.0. The molecule has 0 unspecified atom stereocenters. The molecule has 0 rings (SSSR count). The lowest BCUT2D eigenvalue weighted by Crippen LogP contribution is -2.03. The van der Waals surface area contributed by atoms with Crippen LogP contribution in [-0.4, -0.2) is 25.2 Å². The first-order valence-electron chi connectivity index (χ1n) is 11.9. The van der Waals surface area contributed by atoms with Gasteiger partial charge in [0.2, 0.25) is 0 Å². The van der Waals surface area contributed by atoms with Gasteiger partial charge >= 0.3 is 11.9 Å². The van der Waals surface area contributed by atoms with Gasteiger partial charge in [-0.1, -0.05) is 90.9 Å². The molecule has 0 bridgehead atoms. The standard InChI is InChI=1S/2C12H24O2/c2*1-3-5-6-7-8-9-10-11-12(13)14-4-2/h2*3-11H2,1-2H3. The highest BCUT2D eigenvalue weighted by Crippen LogP contribution is 2.09. The summed E-state index contributed by atoms with van der Waals surface area (Å²) in [5.41, 5.74) is 0. The number of hydrogen-bond donors (Lipinski definition) is 0. The van der Waals surface area contributed by atoms with Gasteiger partial charge in [0, 0.05) is 12.8 Å².